The summed E-state index contributed by atoms with van der Waals surface area (Å²) in [5, 5.41) is 9.36. The van der Waals surface area contributed by atoms with Crippen LogP contribution >= 0.6 is 0 Å². The first-order valence-electron chi connectivity index (χ1n) is 8.37. The van der Waals surface area contributed by atoms with E-state index in [0.29, 0.717) is 0 Å². The fraction of sp³-hybridized carbons (Fsp3) is 0.381. The molecule has 0 amide bonds. The van der Waals surface area contributed by atoms with Gasteiger partial charge in [-0.3, -0.25) is 4.79 Å². The summed E-state index contributed by atoms with van der Waals surface area (Å²) in [5.41, 5.74) is 8.60. The number of carbonyl (C=O) groups is 1. The molecule has 2 aromatic rings. The molecule has 0 aliphatic carbocycles. The van der Waals surface area contributed by atoms with Crippen LogP contribution in [0.15, 0.2) is 30.3 Å². The topological polar surface area (TPSA) is 37.3 Å². The highest BCUT2D eigenvalue weighted by Gasteiger charge is 2.19. The molecule has 0 aliphatic rings. The summed E-state index contributed by atoms with van der Waals surface area (Å²) in [6, 6.07) is 10.3. The Morgan fingerprint density at radius 3 is 1.87 bits per heavy atom. The molecule has 0 heterocycles. The molecule has 0 unspecified atom stereocenters. The molecule has 2 rings (SSSR count). The predicted molar refractivity (Wildman–Crippen MR) is 95.3 cm³/mol. The van der Waals surface area contributed by atoms with Gasteiger partial charge in [0.2, 0.25) is 0 Å². The number of hydrogen-bond acceptors (Lipinski definition) is 1. The molecule has 0 spiro atoms. The first kappa shape index (κ1) is 17.3. The van der Waals surface area contributed by atoms with Crippen LogP contribution in [0.3, 0.4) is 0 Å². The van der Waals surface area contributed by atoms with Crippen molar-refractivity contribution in [3.8, 4) is 0 Å². The highest BCUT2D eigenvalue weighted by atomic mass is 16.4. The molecule has 0 aliphatic heterocycles. The zero-order valence-electron chi connectivity index (χ0n) is 14.6. The zero-order valence-corrected chi connectivity index (χ0v) is 14.6. The van der Waals surface area contributed by atoms with Crippen LogP contribution in [0.4, 0.5) is 0 Å². The summed E-state index contributed by atoms with van der Waals surface area (Å²) in [4.78, 5) is 11.4. The van der Waals surface area contributed by atoms with Crippen molar-refractivity contribution in [1.29, 1.82) is 0 Å². The second-order valence-electron chi connectivity index (χ2n) is 6.10. The van der Waals surface area contributed by atoms with Crippen molar-refractivity contribution in [1.82, 2.24) is 0 Å². The minimum Gasteiger partial charge on any atom is -0.481 e. The first-order valence-corrected chi connectivity index (χ1v) is 8.37. The Bertz CT molecular complexity index is 700. The summed E-state index contributed by atoms with van der Waals surface area (Å²) in [7, 11) is 0. The van der Waals surface area contributed by atoms with E-state index in [9.17, 15) is 9.90 Å². The molecular weight excluding hydrogens is 284 g/mol. The lowest BCUT2D eigenvalue weighted by molar-refractivity contribution is -0.136. The molecule has 0 saturated heterocycles. The second-order valence-corrected chi connectivity index (χ2v) is 6.10. The quantitative estimate of drug-likeness (QED) is 0.843. The Labute approximate surface area is 139 Å². The maximum Gasteiger partial charge on any atom is 0.307 e. The molecule has 0 radical (unpaired) electrons. The monoisotopic (exact) mass is 310 g/mol. The Morgan fingerprint density at radius 1 is 0.870 bits per heavy atom. The minimum atomic E-state index is -0.756. The molecule has 23 heavy (non-hydrogen) atoms. The van der Waals surface area contributed by atoms with E-state index in [4.69, 9.17) is 0 Å². The van der Waals surface area contributed by atoms with Gasteiger partial charge >= 0.3 is 5.97 Å². The summed E-state index contributed by atoms with van der Waals surface area (Å²) < 4.78 is 0. The number of aliphatic carboxylic acids is 1. The second kappa shape index (κ2) is 7.45. The lowest BCUT2D eigenvalue weighted by atomic mass is 9.82. The van der Waals surface area contributed by atoms with Gasteiger partial charge in [-0.05, 0) is 72.1 Å². The fourth-order valence-electron chi connectivity index (χ4n) is 3.66. The van der Waals surface area contributed by atoms with Gasteiger partial charge in [0.05, 0.1) is 6.42 Å². The van der Waals surface area contributed by atoms with Gasteiger partial charge in [0.15, 0.2) is 0 Å². The summed E-state index contributed by atoms with van der Waals surface area (Å²) >= 11 is 0. The Morgan fingerprint density at radius 2 is 1.39 bits per heavy atom. The lowest BCUT2D eigenvalue weighted by Gasteiger charge is -2.22. The molecule has 122 valence electrons. The standard InChI is InChI=1S/C21H26O2/c1-5-17-14(3)19(12-16-10-8-7-9-11-16)20(13-21(22)23)15(4)18(17)6-2/h7-11H,5-6,12-13H2,1-4H3,(H,22,23). The van der Waals surface area contributed by atoms with E-state index in [0.717, 1.165) is 24.8 Å². The van der Waals surface area contributed by atoms with E-state index < -0.39 is 5.97 Å². The number of hydrogen-bond donors (Lipinski definition) is 1. The highest BCUT2D eigenvalue weighted by Crippen LogP contribution is 2.31. The van der Waals surface area contributed by atoms with Crippen molar-refractivity contribution in [3.05, 3.63) is 69.3 Å². The maximum atomic E-state index is 11.4. The number of rotatable bonds is 6. The third-order valence-electron chi connectivity index (χ3n) is 4.80. The zero-order chi connectivity index (χ0) is 17.0. The Balaban J connectivity index is 2.66. The average Bonchev–Trinajstić information content (AvgIpc) is 2.54. The maximum absolute atomic E-state index is 11.4. The molecule has 0 atom stereocenters. The van der Waals surface area contributed by atoms with Crippen molar-refractivity contribution < 1.29 is 9.90 Å². The van der Waals surface area contributed by atoms with Crippen LogP contribution in [-0.4, -0.2) is 11.1 Å². The summed E-state index contributed by atoms with van der Waals surface area (Å²) in [6.07, 6.45) is 2.85. The van der Waals surface area contributed by atoms with Crippen molar-refractivity contribution in [2.75, 3.05) is 0 Å². The van der Waals surface area contributed by atoms with Gasteiger partial charge in [-0.1, -0.05) is 44.2 Å². The van der Waals surface area contributed by atoms with Gasteiger partial charge in [-0.2, -0.15) is 0 Å². The molecular formula is C21H26O2. The van der Waals surface area contributed by atoms with Crippen molar-refractivity contribution in [3.63, 3.8) is 0 Å². The lowest BCUT2D eigenvalue weighted by Crippen LogP contribution is -2.13. The third-order valence-corrected chi connectivity index (χ3v) is 4.80. The number of carboxylic acids is 1. The van der Waals surface area contributed by atoms with Crippen molar-refractivity contribution in [2.45, 2.75) is 53.4 Å². The van der Waals surface area contributed by atoms with Crippen LogP contribution in [0.2, 0.25) is 0 Å². The molecule has 2 nitrogen and oxygen atoms in total. The van der Waals surface area contributed by atoms with Crippen LogP contribution in [0.25, 0.3) is 0 Å². The molecule has 2 aromatic carbocycles. The van der Waals surface area contributed by atoms with Crippen LogP contribution in [0.5, 0.6) is 0 Å². The van der Waals surface area contributed by atoms with Gasteiger partial charge in [0.25, 0.3) is 0 Å². The largest absolute Gasteiger partial charge is 0.481 e. The normalized spacial score (nSPS) is 10.8. The van der Waals surface area contributed by atoms with Crippen molar-refractivity contribution in [2.24, 2.45) is 0 Å². The Kier molecular flexibility index (Phi) is 5.59. The van der Waals surface area contributed by atoms with Gasteiger partial charge in [-0.15, -0.1) is 0 Å². The van der Waals surface area contributed by atoms with Gasteiger partial charge in [-0.25, -0.2) is 0 Å². The van der Waals surface area contributed by atoms with E-state index >= 15 is 0 Å². The molecule has 2 heteroatoms. The molecule has 0 saturated carbocycles. The van der Waals surface area contributed by atoms with E-state index in [-0.39, 0.29) is 6.42 Å². The summed E-state index contributed by atoms with van der Waals surface area (Å²) in [6.45, 7) is 8.58. The van der Waals surface area contributed by atoms with Crippen LogP contribution in [0.1, 0.15) is 52.8 Å². The first-order chi connectivity index (χ1) is 11.0. The SMILES string of the molecule is CCc1c(C)c(CC(=O)O)c(Cc2ccccc2)c(C)c1CC. The summed E-state index contributed by atoms with van der Waals surface area (Å²) in [5.74, 6) is -0.756. The van der Waals surface area contributed by atoms with Crippen LogP contribution in [-0.2, 0) is 30.5 Å². The molecule has 1 N–H and O–H groups in total. The van der Waals surface area contributed by atoms with Crippen LogP contribution in [0, 0.1) is 13.8 Å². The highest BCUT2D eigenvalue weighted by molar-refractivity contribution is 5.72. The minimum absolute atomic E-state index is 0.103. The van der Waals surface area contributed by atoms with E-state index in [1.54, 1.807) is 0 Å². The van der Waals surface area contributed by atoms with Gasteiger partial charge in [0.1, 0.15) is 0 Å². The molecule has 0 bridgehead atoms. The fourth-order valence-corrected chi connectivity index (χ4v) is 3.66. The number of carboxylic acid groups (broad SMARTS) is 1. The van der Waals surface area contributed by atoms with E-state index in [1.165, 1.54) is 33.4 Å². The third kappa shape index (κ3) is 3.64. The van der Waals surface area contributed by atoms with Crippen LogP contribution < -0.4 is 0 Å². The molecule has 0 aromatic heterocycles. The van der Waals surface area contributed by atoms with Gasteiger partial charge < -0.3 is 5.11 Å². The van der Waals surface area contributed by atoms with Crippen molar-refractivity contribution >= 4 is 5.97 Å². The number of benzene rings is 2. The average molecular weight is 310 g/mol. The Hall–Kier alpha value is -2.09. The predicted octanol–water partition coefficient (Wildman–Crippen LogP) is 4.65. The smallest absolute Gasteiger partial charge is 0.307 e. The molecule has 0 fully saturated rings. The van der Waals surface area contributed by atoms with E-state index in [2.05, 4.69) is 39.8 Å². The van der Waals surface area contributed by atoms with E-state index in [1.807, 2.05) is 18.2 Å². The van der Waals surface area contributed by atoms with Gasteiger partial charge in [0, 0.05) is 0 Å².